The zero-order chi connectivity index (χ0) is 14.6. The van der Waals surface area contributed by atoms with Crippen molar-refractivity contribution in [2.75, 3.05) is 13.1 Å². The van der Waals surface area contributed by atoms with Crippen LogP contribution in [0.25, 0.3) is 0 Å². The minimum atomic E-state index is -0.551. The van der Waals surface area contributed by atoms with Crippen LogP contribution in [0.1, 0.15) is 29.9 Å². The molecule has 1 rings (SSSR count). The molecule has 0 fully saturated rings. The number of halogens is 1. The number of aryl methyl sites for hydroxylation is 1. The van der Waals surface area contributed by atoms with Gasteiger partial charge in [0.15, 0.2) is 0 Å². The van der Waals surface area contributed by atoms with Gasteiger partial charge in [-0.2, -0.15) is 0 Å². The minimum absolute atomic E-state index is 0.124. The molecule has 0 spiro atoms. The summed E-state index contributed by atoms with van der Waals surface area (Å²) in [4.78, 5) is 28.8. The first-order valence-corrected chi connectivity index (χ1v) is 6.38. The molecule has 0 bridgehead atoms. The number of carbonyl (C=O) groups is 2. The number of aromatic nitrogens is 1. The van der Waals surface area contributed by atoms with Gasteiger partial charge in [-0.15, -0.1) is 0 Å². The van der Waals surface area contributed by atoms with Crippen LogP contribution in [0.2, 0.25) is 5.02 Å². The maximum absolute atomic E-state index is 12.3. The lowest BCUT2D eigenvalue weighted by molar-refractivity contribution is -0.118. The second kappa shape index (κ2) is 6.52. The molecule has 0 aliphatic rings. The highest BCUT2D eigenvalue weighted by atomic mass is 35.5. The monoisotopic (exact) mass is 283 g/mol. The zero-order valence-electron chi connectivity index (χ0n) is 11.3. The highest BCUT2D eigenvalue weighted by molar-refractivity contribution is 6.33. The van der Waals surface area contributed by atoms with Crippen LogP contribution >= 0.6 is 11.6 Å². The second-order valence-corrected chi connectivity index (χ2v) is 5.26. The van der Waals surface area contributed by atoms with E-state index in [1.165, 1.54) is 11.1 Å². The molecule has 0 aliphatic carbocycles. The molecular formula is C13H18ClN3O2. The normalized spacial score (nSPS) is 10.6. The van der Waals surface area contributed by atoms with Gasteiger partial charge in [-0.05, 0) is 18.9 Å². The van der Waals surface area contributed by atoms with Gasteiger partial charge in [-0.3, -0.25) is 14.6 Å². The number of nitrogens with zero attached hydrogens (tertiary/aromatic N) is 2. The van der Waals surface area contributed by atoms with Gasteiger partial charge in [0.05, 0.1) is 17.1 Å². The van der Waals surface area contributed by atoms with E-state index in [2.05, 4.69) is 4.98 Å². The summed E-state index contributed by atoms with van der Waals surface area (Å²) in [6, 6.07) is 1.62. The summed E-state index contributed by atoms with van der Waals surface area (Å²) >= 11 is 6.04. The van der Waals surface area contributed by atoms with Crippen LogP contribution < -0.4 is 5.73 Å². The molecule has 1 heterocycles. The first-order valence-electron chi connectivity index (χ1n) is 6.01. The average Bonchev–Trinajstić information content (AvgIpc) is 2.26. The molecule has 0 saturated heterocycles. The van der Waals surface area contributed by atoms with Crippen LogP contribution in [0, 0.1) is 12.8 Å². The number of pyridine rings is 1. The Kier molecular flexibility index (Phi) is 5.30. The maximum atomic E-state index is 12.3. The van der Waals surface area contributed by atoms with E-state index in [9.17, 15) is 9.59 Å². The summed E-state index contributed by atoms with van der Waals surface area (Å²) in [6.07, 6.45) is 1.42. The first kappa shape index (κ1) is 15.4. The Morgan fingerprint density at radius 1 is 1.47 bits per heavy atom. The zero-order valence-corrected chi connectivity index (χ0v) is 12.1. The standard InChI is InChI=1S/C13H18ClN3O2/c1-8(2)6-17(7-12(15)18)13(19)10-5-16-9(3)4-11(10)14/h4-5,8H,6-7H2,1-3H3,(H2,15,18). The topological polar surface area (TPSA) is 76.3 Å². The van der Waals surface area contributed by atoms with Gasteiger partial charge in [0.2, 0.25) is 5.91 Å². The Labute approximate surface area is 117 Å². The quantitative estimate of drug-likeness (QED) is 0.892. The molecule has 1 aromatic heterocycles. The number of primary amides is 1. The molecule has 0 unspecified atom stereocenters. The molecular weight excluding hydrogens is 266 g/mol. The maximum Gasteiger partial charge on any atom is 0.257 e. The fraction of sp³-hybridized carbons (Fsp3) is 0.462. The summed E-state index contributed by atoms with van der Waals surface area (Å²) in [5.41, 5.74) is 6.18. The highest BCUT2D eigenvalue weighted by Crippen LogP contribution is 2.18. The van der Waals surface area contributed by atoms with E-state index < -0.39 is 5.91 Å². The average molecular weight is 284 g/mol. The van der Waals surface area contributed by atoms with E-state index in [1.54, 1.807) is 13.0 Å². The Morgan fingerprint density at radius 3 is 2.58 bits per heavy atom. The summed E-state index contributed by atoms with van der Waals surface area (Å²) in [6.45, 7) is 6.01. The molecule has 0 aliphatic heterocycles. The van der Waals surface area contributed by atoms with E-state index in [-0.39, 0.29) is 23.9 Å². The molecule has 0 radical (unpaired) electrons. The van der Waals surface area contributed by atoms with Gasteiger partial charge in [-0.1, -0.05) is 25.4 Å². The number of amides is 2. The van der Waals surface area contributed by atoms with Gasteiger partial charge in [-0.25, -0.2) is 0 Å². The van der Waals surface area contributed by atoms with Crippen LogP contribution in [0.5, 0.6) is 0 Å². The van der Waals surface area contributed by atoms with Crippen molar-refractivity contribution >= 4 is 23.4 Å². The molecule has 5 nitrogen and oxygen atoms in total. The van der Waals surface area contributed by atoms with Gasteiger partial charge >= 0.3 is 0 Å². The SMILES string of the molecule is Cc1cc(Cl)c(C(=O)N(CC(N)=O)CC(C)C)cn1. The number of hydrogen-bond donors (Lipinski definition) is 1. The van der Waals surface area contributed by atoms with E-state index in [4.69, 9.17) is 17.3 Å². The Bertz CT molecular complexity index is 489. The Balaban J connectivity index is 3.00. The third-order valence-corrected chi connectivity index (χ3v) is 2.75. The van der Waals surface area contributed by atoms with Gasteiger partial charge < -0.3 is 10.6 Å². The lowest BCUT2D eigenvalue weighted by Gasteiger charge is -2.23. The first-order chi connectivity index (χ1) is 8.81. The molecule has 19 heavy (non-hydrogen) atoms. The minimum Gasteiger partial charge on any atom is -0.368 e. The lowest BCUT2D eigenvalue weighted by Crippen LogP contribution is -2.40. The van der Waals surface area contributed by atoms with E-state index in [1.807, 2.05) is 13.8 Å². The summed E-state index contributed by atoms with van der Waals surface area (Å²) in [5, 5.41) is 0.329. The molecule has 6 heteroatoms. The van der Waals surface area contributed by atoms with Crippen LogP contribution in [0.15, 0.2) is 12.3 Å². The van der Waals surface area contributed by atoms with Crippen molar-refractivity contribution in [3.05, 3.63) is 28.5 Å². The fourth-order valence-corrected chi connectivity index (χ4v) is 1.99. The molecule has 104 valence electrons. The predicted octanol–water partition coefficient (Wildman–Crippen LogP) is 1.63. The largest absolute Gasteiger partial charge is 0.368 e. The number of hydrogen-bond acceptors (Lipinski definition) is 3. The second-order valence-electron chi connectivity index (χ2n) is 4.85. The third-order valence-electron chi connectivity index (χ3n) is 2.44. The molecule has 2 N–H and O–H groups in total. The number of rotatable bonds is 5. The molecule has 0 aromatic carbocycles. The van der Waals surface area contributed by atoms with Crippen molar-refractivity contribution in [1.82, 2.24) is 9.88 Å². The van der Waals surface area contributed by atoms with Gasteiger partial charge in [0, 0.05) is 18.4 Å². The third kappa shape index (κ3) is 4.52. The van der Waals surface area contributed by atoms with E-state index in [0.29, 0.717) is 11.6 Å². The molecule has 1 aromatic rings. The van der Waals surface area contributed by atoms with Crippen molar-refractivity contribution < 1.29 is 9.59 Å². The van der Waals surface area contributed by atoms with Gasteiger partial charge in [0.1, 0.15) is 0 Å². The van der Waals surface area contributed by atoms with Crippen LogP contribution in [0.3, 0.4) is 0 Å². The van der Waals surface area contributed by atoms with Gasteiger partial charge in [0.25, 0.3) is 5.91 Å². The highest BCUT2D eigenvalue weighted by Gasteiger charge is 2.21. The summed E-state index contributed by atoms with van der Waals surface area (Å²) < 4.78 is 0. The Morgan fingerprint density at radius 2 is 2.11 bits per heavy atom. The van der Waals surface area contributed by atoms with Crippen LogP contribution in [-0.2, 0) is 4.79 Å². The number of carbonyl (C=O) groups excluding carboxylic acids is 2. The lowest BCUT2D eigenvalue weighted by atomic mass is 10.1. The summed E-state index contributed by atoms with van der Waals surface area (Å²) in [7, 11) is 0. The van der Waals surface area contributed by atoms with Crippen molar-refractivity contribution in [3.63, 3.8) is 0 Å². The Hall–Kier alpha value is -1.62. The molecule has 0 atom stereocenters. The number of nitrogens with two attached hydrogens (primary N) is 1. The summed E-state index contributed by atoms with van der Waals surface area (Å²) in [5.74, 6) is -0.657. The van der Waals surface area contributed by atoms with Crippen molar-refractivity contribution in [2.24, 2.45) is 11.7 Å². The van der Waals surface area contributed by atoms with Crippen LogP contribution in [-0.4, -0.2) is 34.8 Å². The van der Waals surface area contributed by atoms with Crippen molar-refractivity contribution in [2.45, 2.75) is 20.8 Å². The molecule has 2 amide bonds. The van der Waals surface area contributed by atoms with Crippen molar-refractivity contribution in [1.29, 1.82) is 0 Å². The molecule has 0 saturated carbocycles. The van der Waals surface area contributed by atoms with E-state index >= 15 is 0 Å². The fourth-order valence-electron chi connectivity index (χ4n) is 1.70. The van der Waals surface area contributed by atoms with E-state index in [0.717, 1.165) is 5.69 Å². The van der Waals surface area contributed by atoms with Crippen molar-refractivity contribution in [3.8, 4) is 0 Å². The smallest absolute Gasteiger partial charge is 0.257 e. The van der Waals surface area contributed by atoms with Crippen LogP contribution in [0.4, 0.5) is 0 Å². The predicted molar refractivity (Wildman–Crippen MR) is 73.9 cm³/mol.